The van der Waals surface area contributed by atoms with E-state index in [-0.39, 0.29) is 29.1 Å². The fraction of sp³-hybridized carbons (Fsp3) is 0.438. The van der Waals surface area contributed by atoms with Crippen LogP contribution < -0.4 is 5.32 Å². The van der Waals surface area contributed by atoms with E-state index in [1.807, 2.05) is 5.32 Å². The molecule has 0 saturated carbocycles. The molecule has 5 heteroatoms. The minimum atomic E-state index is -3.00. The number of cyclic esters (lactones) is 1. The van der Waals surface area contributed by atoms with Crippen LogP contribution in [0.2, 0.25) is 0 Å². The molecule has 3 rings (SSSR count). The van der Waals surface area contributed by atoms with Crippen molar-refractivity contribution in [3.05, 3.63) is 35.5 Å². The van der Waals surface area contributed by atoms with Crippen LogP contribution in [-0.4, -0.2) is 49.1 Å². The summed E-state index contributed by atoms with van der Waals surface area (Å²) in [4.78, 5) is 14.6. The van der Waals surface area contributed by atoms with E-state index in [2.05, 4.69) is 9.72 Å². The van der Waals surface area contributed by atoms with E-state index < -0.39 is 45.5 Å². The van der Waals surface area contributed by atoms with Gasteiger partial charge in [-0.1, -0.05) is 6.07 Å². The molecule has 1 aromatic heterocycles. The highest BCUT2D eigenvalue weighted by Crippen LogP contribution is 2.21. The highest BCUT2D eigenvalue weighted by atomic mass is 16.6. The number of hydrogen-bond donors (Lipinski definition) is 2. The average Bonchev–Trinajstić information content (AvgIpc) is 3.04. The molecule has 2 aromatic rings. The molecule has 1 fully saturated rings. The fourth-order valence-corrected chi connectivity index (χ4v) is 2.06. The Morgan fingerprint density at radius 1 is 1.67 bits per heavy atom. The quantitative estimate of drug-likeness (QED) is 0.887. The molecular weight excluding hydrogens is 266 g/mol. The van der Waals surface area contributed by atoms with Gasteiger partial charge in [-0.15, -0.1) is 0 Å². The third-order valence-electron chi connectivity index (χ3n) is 3.02. The number of fused-ring (bicyclic) bond motifs is 1. The predicted octanol–water partition coefficient (Wildman–Crippen LogP) is 1.92. The van der Waals surface area contributed by atoms with Gasteiger partial charge in [0.15, 0.2) is 0 Å². The predicted molar refractivity (Wildman–Crippen MR) is 82.5 cm³/mol. The van der Waals surface area contributed by atoms with Gasteiger partial charge in [-0.3, -0.25) is 0 Å². The van der Waals surface area contributed by atoms with Crippen molar-refractivity contribution in [2.45, 2.75) is 18.8 Å². The fourth-order valence-electron chi connectivity index (χ4n) is 2.06. The van der Waals surface area contributed by atoms with Crippen LogP contribution in [0.4, 0.5) is 4.79 Å². The smallest absolute Gasteiger partial charge is 0.407 e. The Balaban J connectivity index is 2.02. The second-order valence-corrected chi connectivity index (χ2v) is 4.51. The molecule has 112 valence electrons. The first kappa shape index (κ1) is 5.65. The van der Waals surface area contributed by atoms with Crippen molar-refractivity contribution >= 4 is 17.0 Å². The lowest BCUT2D eigenvalue weighted by atomic mass is 10.0. The first-order valence-corrected chi connectivity index (χ1v) is 6.22. The number of alkyl carbamates (subject to hydrolysis) is 1. The molecular formula is C16H21N3O2. The number of nitrogens with one attached hydrogen (secondary N) is 2. The molecule has 1 atom stereocenters. The average molecular weight is 299 g/mol. The van der Waals surface area contributed by atoms with Gasteiger partial charge in [-0.25, -0.2) is 4.79 Å². The minimum absolute atomic E-state index is 0.132. The largest absolute Gasteiger partial charge is 0.447 e. The Labute approximate surface area is 141 Å². The van der Waals surface area contributed by atoms with Crippen molar-refractivity contribution in [1.29, 1.82) is 0 Å². The summed E-state index contributed by atoms with van der Waals surface area (Å²) in [7, 11) is 0. The third-order valence-corrected chi connectivity index (χ3v) is 3.02. The number of ether oxygens (including phenoxy) is 1. The molecule has 1 aliphatic rings. The summed E-state index contributed by atoms with van der Waals surface area (Å²) >= 11 is 0. The zero-order valence-corrected chi connectivity index (χ0v) is 10.9. The van der Waals surface area contributed by atoms with Gasteiger partial charge in [0, 0.05) is 34.6 Å². The van der Waals surface area contributed by atoms with Crippen LogP contribution in [-0.2, 0) is 17.5 Å². The topological polar surface area (TPSA) is 57.4 Å². The number of H-pyrrole nitrogens is 1. The molecule has 2 N–H and O–H groups in total. The second kappa shape index (κ2) is 5.77. The number of amides is 1. The molecule has 21 heavy (non-hydrogen) atoms. The number of aromatic nitrogens is 1. The zero-order chi connectivity index (χ0) is 25.2. The first-order chi connectivity index (χ1) is 14.8. The number of rotatable bonds is 5. The number of carbonyl (C=O) groups is 1. The summed E-state index contributed by atoms with van der Waals surface area (Å²) in [6.45, 7) is -9.26. The van der Waals surface area contributed by atoms with E-state index in [1.54, 1.807) is 0 Å². The number of likely N-dealkylation sites (N-methyl/N-ethyl adjacent to an activating group) is 1. The number of nitrogens with zero attached hydrogens (tertiary/aromatic N) is 1. The van der Waals surface area contributed by atoms with Crippen LogP contribution in [0, 0.1) is 0 Å². The Kier molecular flexibility index (Phi) is 1.55. The van der Waals surface area contributed by atoms with Crippen molar-refractivity contribution in [3.63, 3.8) is 0 Å². The Morgan fingerprint density at radius 2 is 2.57 bits per heavy atom. The van der Waals surface area contributed by atoms with E-state index in [1.165, 1.54) is 18.2 Å². The summed E-state index contributed by atoms with van der Waals surface area (Å²) in [6.07, 6.45) is -4.39. The maximum absolute atomic E-state index is 11.5. The van der Waals surface area contributed by atoms with Crippen LogP contribution in [0.1, 0.15) is 27.6 Å². The summed E-state index contributed by atoms with van der Waals surface area (Å²) in [6, 6.07) is 1.08. The van der Waals surface area contributed by atoms with E-state index in [0.29, 0.717) is 10.4 Å². The molecule has 1 aromatic carbocycles. The molecule has 0 aliphatic carbocycles. The van der Waals surface area contributed by atoms with E-state index in [4.69, 9.17) is 16.4 Å². The molecule has 5 nitrogen and oxygen atoms in total. The Hall–Kier alpha value is -2.01. The molecule has 1 saturated heterocycles. The molecule has 0 radical (unpaired) electrons. The zero-order valence-electron chi connectivity index (χ0n) is 22.9. The van der Waals surface area contributed by atoms with Gasteiger partial charge >= 0.3 is 6.09 Å². The van der Waals surface area contributed by atoms with Crippen molar-refractivity contribution in [3.8, 4) is 0 Å². The van der Waals surface area contributed by atoms with Crippen molar-refractivity contribution in [2.24, 2.45) is 0 Å². The van der Waals surface area contributed by atoms with Crippen LogP contribution in [0.25, 0.3) is 10.9 Å². The highest BCUT2D eigenvalue weighted by molar-refractivity contribution is 5.84. The van der Waals surface area contributed by atoms with Crippen LogP contribution in [0.5, 0.6) is 0 Å². The highest BCUT2D eigenvalue weighted by Gasteiger charge is 2.22. The standard InChI is InChI=1S/C16H21N3O2/c1-19(2)6-5-12-9-17-15-4-3-11(8-14(12)15)7-13-10-21-16(20)18-13/h3-4,8-9,13,17H,5-7,10H2,1-2H3,(H,18,20)/t13-/m0/s1/i1D3,2D3,7D2,9D,10D2,13D. The van der Waals surface area contributed by atoms with Gasteiger partial charge in [-0.05, 0) is 50.0 Å². The minimum Gasteiger partial charge on any atom is -0.447 e. The van der Waals surface area contributed by atoms with Gasteiger partial charge < -0.3 is 19.9 Å². The van der Waals surface area contributed by atoms with Crippen LogP contribution in [0.15, 0.2) is 24.4 Å². The van der Waals surface area contributed by atoms with Crippen LogP contribution >= 0.6 is 0 Å². The SMILES string of the molecule is [2H]c1[nH]c2ccc(C([2H])([2H])[C@]3([2H])NC(=O)OC3([2H])[2H])cc2c1CCN(C([2H])([2H])[2H])C([2H])([2H])[2H]. The molecule has 0 bridgehead atoms. The maximum atomic E-state index is 11.5. The van der Waals surface area contributed by atoms with Gasteiger partial charge in [-0.2, -0.15) is 0 Å². The number of carbonyl (C=O) groups excluding carboxylic acids is 1. The first-order valence-electron chi connectivity index (χ1n) is 12.2. The van der Waals surface area contributed by atoms with Gasteiger partial charge in [0.05, 0.1) is 11.5 Å². The summed E-state index contributed by atoms with van der Waals surface area (Å²) in [5.74, 6) is 0. The lowest BCUT2D eigenvalue weighted by Gasteiger charge is -2.09. The van der Waals surface area contributed by atoms with Crippen LogP contribution in [0.3, 0.4) is 0 Å². The summed E-state index contributed by atoms with van der Waals surface area (Å²) < 4.78 is 98.2. The van der Waals surface area contributed by atoms with Gasteiger partial charge in [0.25, 0.3) is 0 Å². The number of benzene rings is 1. The Morgan fingerprint density at radius 3 is 3.33 bits per heavy atom. The molecule has 0 spiro atoms. The van der Waals surface area contributed by atoms with E-state index in [0.717, 1.165) is 0 Å². The molecule has 1 amide bonds. The van der Waals surface area contributed by atoms with Crippen molar-refractivity contribution in [1.82, 2.24) is 15.2 Å². The Bertz CT molecular complexity index is 1060. The van der Waals surface area contributed by atoms with Gasteiger partial charge in [0.1, 0.15) is 6.56 Å². The lowest BCUT2D eigenvalue weighted by Crippen LogP contribution is -2.28. The van der Waals surface area contributed by atoms with E-state index >= 15 is 0 Å². The number of aromatic amines is 1. The van der Waals surface area contributed by atoms with Crippen molar-refractivity contribution < 1.29 is 26.0 Å². The molecule has 2 heterocycles. The van der Waals surface area contributed by atoms with Gasteiger partial charge in [0.2, 0.25) is 0 Å². The van der Waals surface area contributed by atoms with Crippen molar-refractivity contribution in [2.75, 3.05) is 27.1 Å². The monoisotopic (exact) mass is 299 g/mol. The second-order valence-electron chi connectivity index (χ2n) is 4.51. The summed E-state index contributed by atoms with van der Waals surface area (Å²) in [5, 5.41) is 2.15. The maximum Gasteiger partial charge on any atom is 0.407 e. The lowest BCUT2D eigenvalue weighted by molar-refractivity contribution is 0.177. The number of hydrogen-bond acceptors (Lipinski definition) is 3. The normalized spacial score (nSPS) is 34.4. The van der Waals surface area contributed by atoms with E-state index in [9.17, 15) is 4.79 Å². The molecule has 1 aliphatic heterocycles. The molecule has 0 unspecified atom stereocenters. The third kappa shape index (κ3) is 3.19. The summed E-state index contributed by atoms with van der Waals surface area (Å²) in [5.41, 5.74) is 0.385.